The van der Waals surface area contributed by atoms with E-state index in [4.69, 9.17) is 0 Å². The van der Waals surface area contributed by atoms with Gasteiger partial charge in [-0.15, -0.1) is 0 Å². The van der Waals surface area contributed by atoms with Crippen molar-refractivity contribution in [2.45, 2.75) is 12.2 Å². The Balaban J connectivity index is 2.24. The van der Waals surface area contributed by atoms with Crippen molar-refractivity contribution >= 4 is 11.2 Å². The van der Waals surface area contributed by atoms with Gasteiger partial charge in [0.25, 0.3) is 0 Å². The Hall–Kier alpha value is -1.50. The predicted molar refractivity (Wildman–Crippen MR) is 58.8 cm³/mol. The molecular weight excluding hydrogens is 208 g/mol. The second-order valence-electron chi connectivity index (χ2n) is 3.58. The Labute approximate surface area is 92.4 Å². The SMILES string of the molecule is CNCC(O)C(O)c1cnc2[nH]ccc2n1. The zero-order valence-corrected chi connectivity index (χ0v) is 8.88. The van der Waals surface area contributed by atoms with Crippen LogP contribution in [0, 0.1) is 0 Å². The summed E-state index contributed by atoms with van der Waals surface area (Å²) in [5.74, 6) is 0. The quantitative estimate of drug-likeness (QED) is 0.563. The summed E-state index contributed by atoms with van der Waals surface area (Å²) in [6, 6.07) is 1.77. The van der Waals surface area contributed by atoms with E-state index in [9.17, 15) is 10.2 Å². The van der Waals surface area contributed by atoms with Gasteiger partial charge in [0.2, 0.25) is 0 Å². The summed E-state index contributed by atoms with van der Waals surface area (Å²) in [5.41, 5.74) is 1.71. The van der Waals surface area contributed by atoms with Crippen LogP contribution in [0.3, 0.4) is 0 Å². The summed E-state index contributed by atoms with van der Waals surface area (Å²) in [6.45, 7) is 0.300. The highest BCUT2D eigenvalue weighted by Crippen LogP contribution is 2.16. The fourth-order valence-electron chi connectivity index (χ4n) is 1.51. The second kappa shape index (κ2) is 4.56. The fourth-order valence-corrected chi connectivity index (χ4v) is 1.51. The minimum Gasteiger partial charge on any atom is -0.389 e. The molecule has 0 fully saturated rings. The van der Waals surface area contributed by atoms with E-state index >= 15 is 0 Å². The maximum atomic E-state index is 9.81. The average molecular weight is 222 g/mol. The van der Waals surface area contributed by atoms with E-state index in [1.165, 1.54) is 6.20 Å². The van der Waals surface area contributed by atoms with Crippen molar-refractivity contribution in [3.63, 3.8) is 0 Å². The molecule has 6 heteroatoms. The van der Waals surface area contributed by atoms with Crippen LogP contribution in [0.25, 0.3) is 11.2 Å². The lowest BCUT2D eigenvalue weighted by molar-refractivity contribution is 0.0176. The third kappa shape index (κ3) is 2.04. The van der Waals surface area contributed by atoms with Crippen molar-refractivity contribution in [3.8, 4) is 0 Å². The maximum Gasteiger partial charge on any atom is 0.156 e. The largest absolute Gasteiger partial charge is 0.389 e. The predicted octanol–water partition coefficient (Wildman–Crippen LogP) is -0.428. The summed E-state index contributed by atoms with van der Waals surface area (Å²) in [4.78, 5) is 11.2. The highest BCUT2D eigenvalue weighted by Gasteiger charge is 2.19. The second-order valence-corrected chi connectivity index (χ2v) is 3.58. The zero-order chi connectivity index (χ0) is 11.5. The number of aliphatic hydroxyl groups excluding tert-OH is 2. The number of aromatic nitrogens is 3. The van der Waals surface area contributed by atoms with E-state index in [1.54, 1.807) is 19.3 Å². The first-order valence-electron chi connectivity index (χ1n) is 5.03. The Kier molecular flexibility index (Phi) is 3.14. The standard InChI is InChI=1S/C10H14N4O2/c1-11-5-8(15)9(16)7-4-13-10-6(14-7)2-3-12-10/h2-4,8-9,11,15-16H,5H2,1H3,(H,12,13). The van der Waals surface area contributed by atoms with E-state index in [1.807, 2.05) is 0 Å². The average Bonchev–Trinajstić information content (AvgIpc) is 2.75. The van der Waals surface area contributed by atoms with Crippen LogP contribution < -0.4 is 5.32 Å². The molecule has 2 unspecified atom stereocenters. The van der Waals surface area contributed by atoms with Crippen LogP contribution in [-0.4, -0.2) is 44.9 Å². The summed E-state index contributed by atoms with van der Waals surface area (Å²) in [6.07, 6.45) is 1.27. The summed E-state index contributed by atoms with van der Waals surface area (Å²) >= 11 is 0. The Morgan fingerprint density at radius 3 is 3.06 bits per heavy atom. The van der Waals surface area contributed by atoms with Crippen molar-refractivity contribution in [2.75, 3.05) is 13.6 Å². The van der Waals surface area contributed by atoms with Gasteiger partial charge in [0, 0.05) is 12.7 Å². The van der Waals surface area contributed by atoms with Gasteiger partial charge in [-0.2, -0.15) is 0 Å². The topological polar surface area (TPSA) is 94.1 Å². The molecule has 0 aliphatic carbocycles. The molecule has 2 heterocycles. The molecule has 86 valence electrons. The highest BCUT2D eigenvalue weighted by molar-refractivity contribution is 5.69. The van der Waals surface area contributed by atoms with Gasteiger partial charge in [0.15, 0.2) is 5.65 Å². The van der Waals surface area contributed by atoms with Gasteiger partial charge < -0.3 is 20.5 Å². The molecule has 2 aromatic rings. The van der Waals surface area contributed by atoms with Crippen LogP contribution in [-0.2, 0) is 0 Å². The summed E-state index contributed by atoms with van der Waals surface area (Å²) in [7, 11) is 1.71. The minimum absolute atomic E-state index is 0.300. The lowest BCUT2D eigenvalue weighted by Crippen LogP contribution is -2.30. The number of hydrogen-bond acceptors (Lipinski definition) is 5. The molecule has 16 heavy (non-hydrogen) atoms. The molecule has 0 radical (unpaired) electrons. The molecule has 2 rings (SSSR count). The molecule has 0 aliphatic heterocycles. The molecule has 0 aliphatic rings. The third-order valence-electron chi connectivity index (χ3n) is 2.36. The number of rotatable bonds is 4. The van der Waals surface area contributed by atoms with Crippen molar-refractivity contribution in [2.24, 2.45) is 0 Å². The van der Waals surface area contributed by atoms with Crippen molar-refractivity contribution in [3.05, 3.63) is 24.2 Å². The lowest BCUT2D eigenvalue weighted by atomic mass is 10.1. The van der Waals surface area contributed by atoms with Crippen LogP contribution in [0.4, 0.5) is 0 Å². The van der Waals surface area contributed by atoms with Crippen LogP contribution in [0.15, 0.2) is 18.5 Å². The first kappa shape index (κ1) is 11.0. The number of likely N-dealkylation sites (N-methyl/N-ethyl adjacent to an activating group) is 1. The number of H-pyrrole nitrogens is 1. The first-order valence-corrected chi connectivity index (χ1v) is 5.03. The number of aromatic amines is 1. The number of fused-ring (bicyclic) bond motifs is 1. The third-order valence-corrected chi connectivity index (χ3v) is 2.36. The van der Waals surface area contributed by atoms with Crippen molar-refractivity contribution in [1.82, 2.24) is 20.3 Å². The Morgan fingerprint density at radius 2 is 2.31 bits per heavy atom. The van der Waals surface area contributed by atoms with E-state index in [0.717, 1.165) is 0 Å². The molecule has 6 nitrogen and oxygen atoms in total. The van der Waals surface area contributed by atoms with Gasteiger partial charge >= 0.3 is 0 Å². The van der Waals surface area contributed by atoms with Gasteiger partial charge in [0.1, 0.15) is 11.6 Å². The molecule has 0 spiro atoms. The number of nitrogens with zero attached hydrogens (tertiary/aromatic N) is 2. The van der Waals surface area contributed by atoms with Gasteiger partial charge in [0.05, 0.1) is 18.0 Å². The van der Waals surface area contributed by atoms with Gasteiger partial charge in [-0.25, -0.2) is 9.97 Å². The lowest BCUT2D eigenvalue weighted by Gasteiger charge is -2.16. The molecule has 0 bridgehead atoms. The summed E-state index contributed by atoms with van der Waals surface area (Å²) in [5, 5.41) is 22.2. The molecule has 0 aromatic carbocycles. The highest BCUT2D eigenvalue weighted by atomic mass is 16.3. The molecule has 2 atom stereocenters. The van der Waals surface area contributed by atoms with Crippen molar-refractivity contribution in [1.29, 1.82) is 0 Å². The molecule has 2 aromatic heterocycles. The zero-order valence-electron chi connectivity index (χ0n) is 8.88. The molecule has 4 N–H and O–H groups in total. The smallest absolute Gasteiger partial charge is 0.156 e. The first-order chi connectivity index (χ1) is 7.72. The van der Waals surface area contributed by atoms with E-state index < -0.39 is 12.2 Å². The van der Waals surface area contributed by atoms with E-state index in [-0.39, 0.29) is 0 Å². The Morgan fingerprint density at radius 1 is 1.50 bits per heavy atom. The van der Waals surface area contributed by atoms with Crippen LogP contribution in [0.2, 0.25) is 0 Å². The molecule has 0 amide bonds. The molecule has 0 saturated carbocycles. The number of hydrogen-bond donors (Lipinski definition) is 4. The minimum atomic E-state index is -1.03. The summed E-state index contributed by atoms with van der Waals surface area (Å²) < 4.78 is 0. The van der Waals surface area contributed by atoms with Crippen LogP contribution >= 0.6 is 0 Å². The monoisotopic (exact) mass is 222 g/mol. The normalized spacial score (nSPS) is 15.2. The van der Waals surface area contributed by atoms with Gasteiger partial charge in [-0.3, -0.25) is 0 Å². The Bertz CT molecular complexity index is 471. The number of aliphatic hydroxyl groups is 2. The van der Waals surface area contributed by atoms with Gasteiger partial charge in [-0.05, 0) is 13.1 Å². The van der Waals surface area contributed by atoms with Crippen LogP contribution in [0.1, 0.15) is 11.8 Å². The van der Waals surface area contributed by atoms with Crippen LogP contribution in [0.5, 0.6) is 0 Å². The van der Waals surface area contributed by atoms with Crippen molar-refractivity contribution < 1.29 is 10.2 Å². The maximum absolute atomic E-state index is 9.81. The van der Waals surface area contributed by atoms with E-state index in [0.29, 0.717) is 23.4 Å². The van der Waals surface area contributed by atoms with Gasteiger partial charge in [-0.1, -0.05) is 0 Å². The van der Waals surface area contributed by atoms with E-state index in [2.05, 4.69) is 20.3 Å². The molecule has 0 saturated heterocycles. The number of nitrogens with one attached hydrogen (secondary N) is 2. The fraction of sp³-hybridized carbons (Fsp3) is 0.400. The molecular formula is C10H14N4O2.